The van der Waals surface area contributed by atoms with Crippen molar-refractivity contribution < 1.29 is 9.90 Å². The van der Waals surface area contributed by atoms with Crippen molar-refractivity contribution in [3.63, 3.8) is 0 Å². The third-order valence-electron chi connectivity index (χ3n) is 3.93. The Morgan fingerprint density at radius 3 is 2.65 bits per heavy atom. The quantitative estimate of drug-likeness (QED) is 0.853. The van der Waals surface area contributed by atoms with Crippen LogP contribution in [0.2, 0.25) is 0 Å². The van der Waals surface area contributed by atoms with Gasteiger partial charge in [0, 0.05) is 30.9 Å². The second-order valence-corrected chi connectivity index (χ2v) is 5.53. The third-order valence-corrected chi connectivity index (χ3v) is 3.93. The fraction of sp³-hybridized carbons (Fsp3) is 0.714. The van der Waals surface area contributed by atoms with E-state index in [-0.39, 0.29) is 18.7 Å². The number of aliphatic hydroxyl groups excluding tert-OH is 1. The smallest absolute Gasteiger partial charge is 0.318 e. The number of carbonyl (C=O) groups is 1. The Hall–Kier alpha value is -1.56. The lowest BCUT2D eigenvalue weighted by atomic mass is 10.1. The average Bonchev–Trinajstić information content (AvgIpc) is 3.15. The van der Waals surface area contributed by atoms with Crippen LogP contribution in [0.1, 0.15) is 42.8 Å². The molecule has 0 aliphatic heterocycles. The minimum Gasteiger partial charge on any atom is -0.395 e. The first-order valence-electron chi connectivity index (χ1n) is 7.13. The zero-order valence-electron chi connectivity index (χ0n) is 12.7. The van der Waals surface area contributed by atoms with Crippen molar-refractivity contribution in [1.29, 1.82) is 0 Å². The number of urea groups is 1. The molecule has 20 heavy (non-hydrogen) atoms. The summed E-state index contributed by atoms with van der Waals surface area (Å²) < 4.78 is 1.83. The number of aryl methyl sites for hydroxylation is 2. The summed E-state index contributed by atoms with van der Waals surface area (Å²) in [5.74, 6) is 0. The summed E-state index contributed by atoms with van der Waals surface area (Å²) in [5, 5.41) is 16.5. The molecular formula is C14H24N4O2. The molecule has 1 aliphatic rings. The summed E-state index contributed by atoms with van der Waals surface area (Å²) >= 11 is 0. The number of hydrogen-bond acceptors (Lipinski definition) is 3. The first-order chi connectivity index (χ1) is 9.45. The van der Waals surface area contributed by atoms with E-state index in [1.165, 1.54) is 0 Å². The highest BCUT2D eigenvalue weighted by Crippen LogP contribution is 2.27. The normalized spacial score (nSPS) is 16.1. The topological polar surface area (TPSA) is 70.4 Å². The Morgan fingerprint density at radius 2 is 2.20 bits per heavy atom. The number of carbonyl (C=O) groups excluding carboxylic acids is 1. The van der Waals surface area contributed by atoms with E-state index in [0.717, 1.165) is 29.8 Å². The van der Waals surface area contributed by atoms with Crippen molar-refractivity contribution in [2.24, 2.45) is 7.05 Å². The largest absolute Gasteiger partial charge is 0.395 e. The maximum atomic E-state index is 12.3. The fourth-order valence-electron chi connectivity index (χ4n) is 2.70. The van der Waals surface area contributed by atoms with Gasteiger partial charge in [-0.2, -0.15) is 5.10 Å². The SMILES string of the molecule is Cc1nn(C)c(C)c1C(C)NC(=O)N(CCO)C1CC1. The first-order valence-corrected chi connectivity index (χ1v) is 7.13. The van der Waals surface area contributed by atoms with Gasteiger partial charge in [-0.15, -0.1) is 0 Å². The molecule has 0 bridgehead atoms. The van der Waals surface area contributed by atoms with Crippen LogP contribution in [0.25, 0.3) is 0 Å². The van der Waals surface area contributed by atoms with E-state index in [0.29, 0.717) is 12.6 Å². The highest BCUT2D eigenvalue weighted by Gasteiger charge is 2.33. The molecule has 1 aromatic heterocycles. The van der Waals surface area contributed by atoms with E-state index >= 15 is 0 Å². The summed E-state index contributed by atoms with van der Waals surface area (Å²) in [6, 6.07) is 0.110. The van der Waals surface area contributed by atoms with Gasteiger partial charge in [0.15, 0.2) is 0 Å². The van der Waals surface area contributed by atoms with Crippen molar-refractivity contribution in [2.45, 2.75) is 45.7 Å². The summed E-state index contributed by atoms with van der Waals surface area (Å²) in [4.78, 5) is 14.0. The highest BCUT2D eigenvalue weighted by molar-refractivity contribution is 5.75. The first kappa shape index (κ1) is 14.8. The number of amides is 2. The van der Waals surface area contributed by atoms with Crippen LogP contribution < -0.4 is 5.32 Å². The Kier molecular flexibility index (Phi) is 4.32. The van der Waals surface area contributed by atoms with Crippen LogP contribution in [0.5, 0.6) is 0 Å². The molecule has 1 aromatic rings. The molecular weight excluding hydrogens is 256 g/mol. The van der Waals surface area contributed by atoms with Crippen molar-refractivity contribution >= 4 is 6.03 Å². The molecule has 1 fully saturated rings. The van der Waals surface area contributed by atoms with E-state index in [1.807, 2.05) is 32.5 Å². The summed E-state index contributed by atoms with van der Waals surface area (Å²) in [6.07, 6.45) is 2.07. The monoisotopic (exact) mass is 280 g/mol. The molecule has 0 aromatic carbocycles. The average molecular weight is 280 g/mol. The van der Waals surface area contributed by atoms with Crippen molar-refractivity contribution in [2.75, 3.05) is 13.2 Å². The van der Waals surface area contributed by atoms with E-state index < -0.39 is 0 Å². The minimum atomic E-state index is -0.100. The van der Waals surface area contributed by atoms with Crippen LogP contribution in [0.4, 0.5) is 4.79 Å². The maximum Gasteiger partial charge on any atom is 0.318 e. The summed E-state index contributed by atoms with van der Waals surface area (Å²) in [7, 11) is 1.91. The molecule has 0 saturated heterocycles. The van der Waals surface area contributed by atoms with Gasteiger partial charge in [-0.25, -0.2) is 4.79 Å². The second kappa shape index (κ2) is 5.83. The standard InChI is InChI=1S/C14H24N4O2/c1-9(13-10(2)16-17(4)11(13)3)15-14(20)18(7-8-19)12-5-6-12/h9,12,19H,5-8H2,1-4H3,(H,15,20). The van der Waals surface area contributed by atoms with E-state index in [4.69, 9.17) is 5.11 Å². The molecule has 1 saturated carbocycles. The number of nitrogens with one attached hydrogen (secondary N) is 1. The van der Waals surface area contributed by atoms with Crippen molar-refractivity contribution in [1.82, 2.24) is 20.0 Å². The summed E-state index contributed by atoms with van der Waals surface area (Å²) in [5.41, 5.74) is 3.08. The van der Waals surface area contributed by atoms with E-state index in [1.54, 1.807) is 4.90 Å². The fourth-order valence-corrected chi connectivity index (χ4v) is 2.70. The maximum absolute atomic E-state index is 12.3. The van der Waals surface area contributed by atoms with Gasteiger partial charge in [-0.3, -0.25) is 4.68 Å². The molecule has 112 valence electrons. The molecule has 1 aliphatic carbocycles. The van der Waals surface area contributed by atoms with Crippen LogP contribution in [0.3, 0.4) is 0 Å². The molecule has 1 heterocycles. The number of aliphatic hydroxyl groups is 1. The van der Waals surface area contributed by atoms with E-state index in [2.05, 4.69) is 10.4 Å². The van der Waals surface area contributed by atoms with Crippen LogP contribution in [0, 0.1) is 13.8 Å². The minimum absolute atomic E-state index is 0.00322. The molecule has 6 heteroatoms. The third kappa shape index (κ3) is 2.95. The molecule has 2 amide bonds. The lowest BCUT2D eigenvalue weighted by molar-refractivity contribution is 0.171. The van der Waals surface area contributed by atoms with Crippen LogP contribution >= 0.6 is 0 Å². The van der Waals surface area contributed by atoms with E-state index in [9.17, 15) is 4.79 Å². The molecule has 0 spiro atoms. The number of hydrogen-bond donors (Lipinski definition) is 2. The Morgan fingerprint density at radius 1 is 1.55 bits per heavy atom. The molecule has 1 unspecified atom stereocenters. The van der Waals surface area contributed by atoms with Gasteiger partial charge in [0.25, 0.3) is 0 Å². The Bertz CT molecular complexity index is 494. The van der Waals surface area contributed by atoms with Gasteiger partial charge < -0.3 is 15.3 Å². The lowest BCUT2D eigenvalue weighted by Gasteiger charge is -2.24. The van der Waals surface area contributed by atoms with Gasteiger partial charge in [-0.1, -0.05) is 0 Å². The number of rotatable bonds is 5. The highest BCUT2D eigenvalue weighted by atomic mass is 16.3. The molecule has 2 rings (SSSR count). The molecule has 0 radical (unpaired) electrons. The van der Waals surface area contributed by atoms with Gasteiger partial charge in [0.05, 0.1) is 18.3 Å². The Balaban J connectivity index is 2.06. The predicted molar refractivity (Wildman–Crippen MR) is 76.4 cm³/mol. The zero-order valence-corrected chi connectivity index (χ0v) is 12.7. The van der Waals surface area contributed by atoms with Gasteiger partial charge in [0.2, 0.25) is 0 Å². The van der Waals surface area contributed by atoms with Crippen LogP contribution in [0.15, 0.2) is 0 Å². The number of nitrogens with zero attached hydrogens (tertiary/aromatic N) is 3. The van der Waals surface area contributed by atoms with Crippen molar-refractivity contribution in [3.8, 4) is 0 Å². The van der Waals surface area contributed by atoms with Gasteiger partial charge in [0.1, 0.15) is 0 Å². The van der Waals surface area contributed by atoms with Gasteiger partial charge >= 0.3 is 6.03 Å². The summed E-state index contributed by atoms with van der Waals surface area (Å²) in [6.45, 7) is 6.33. The van der Waals surface area contributed by atoms with Crippen LogP contribution in [-0.4, -0.2) is 45.0 Å². The zero-order chi connectivity index (χ0) is 14.9. The second-order valence-electron chi connectivity index (χ2n) is 5.53. The molecule has 2 N–H and O–H groups in total. The number of aromatic nitrogens is 2. The lowest BCUT2D eigenvalue weighted by Crippen LogP contribution is -2.43. The molecule has 6 nitrogen and oxygen atoms in total. The molecule has 1 atom stereocenters. The Labute approximate surface area is 119 Å². The van der Waals surface area contributed by atoms with Crippen LogP contribution in [-0.2, 0) is 7.05 Å². The van der Waals surface area contributed by atoms with Gasteiger partial charge in [-0.05, 0) is 33.6 Å². The predicted octanol–water partition coefficient (Wildman–Crippen LogP) is 1.26. The van der Waals surface area contributed by atoms with Crippen molar-refractivity contribution in [3.05, 3.63) is 17.0 Å².